The summed E-state index contributed by atoms with van der Waals surface area (Å²) < 4.78 is 34.7. The maximum absolute atomic E-state index is 14.0. The Balaban J connectivity index is 2.22. The van der Waals surface area contributed by atoms with Gasteiger partial charge in [0.05, 0.1) is 0 Å². The number of ether oxygens (including phenoxy) is 1. The van der Waals surface area contributed by atoms with Crippen molar-refractivity contribution in [2.75, 3.05) is 6.61 Å². The number of benzene rings is 1. The van der Waals surface area contributed by atoms with Gasteiger partial charge >= 0.3 is 0 Å². The van der Waals surface area contributed by atoms with Crippen molar-refractivity contribution < 1.29 is 18.6 Å². The van der Waals surface area contributed by atoms with E-state index in [9.17, 15) is 13.9 Å². The van der Waals surface area contributed by atoms with Gasteiger partial charge in [-0.3, -0.25) is 0 Å². The van der Waals surface area contributed by atoms with E-state index in [0.29, 0.717) is 23.0 Å². The highest BCUT2D eigenvalue weighted by atomic mass is 79.9. The van der Waals surface area contributed by atoms with Gasteiger partial charge in [-0.1, -0.05) is 0 Å². The van der Waals surface area contributed by atoms with E-state index in [1.54, 1.807) is 0 Å². The first-order chi connectivity index (χ1) is 9.09. The van der Waals surface area contributed by atoms with Crippen LogP contribution in [0.1, 0.15) is 25.5 Å². The van der Waals surface area contributed by atoms with Crippen LogP contribution in [0.4, 0.5) is 8.78 Å². The normalized spacial score (nSPS) is 20.1. The molecular weight excluding hydrogens is 322 g/mol. The van der Waals surface area contributed by atoms with E-state index in [1.807, 2.05) is 0 Å². The zero-order valence-corrected chi connectivity index (χ0v) is 11.5. The molecule has 1 N–H and O–H groups in total. The Labute approximate surface area is 116 Å². The van der Waals surface area contributed by atoms with Crippen LogP contribution in [0, 0.1) is 11.6 Å². The number of aromatic hydroxyl groups is 1. The first-order valence-electron chi connectivity index (χ1n) is 5.96. The minimum atomic E-state index is -1.27. The number of fused-ring (bicyclic) bond motifs is 1. The summed E-state index contributed by atoms with van der Waals surface area (Å²) in [6, 6.07) is 1.16. The summed E-state index contributed by atoms with van der Waals surface area (Å²) in [6.07, 6.45) is 2.20. The molecule has 0 amide bonds. The molecule has 1 atom stereocenters. The topological polar surface area (TPSA) is 47.3 Å². The maximum Gasteiger partial charge on any atom is 0.202 e. The molecule has 0 bridgehead atoms. The first-order valence-corrected chi connectivity index (χ1v) is 6.75. The minimum Gasteiger partial charge on any atom is -0.505 e. The second-order valence-corrected chi connectivity index (χ2v) is 5.23. The molecule has 0 spiro atoms. The average molecular weight is 333 g/mol. The number of halogens is 3. The smallest absolute Gasteiger partial charge is 0.202 e. The van der Waals surface area contributed by atoms with Crippen molar-refractivity contribution in [2.45, 2.75) is 25.5 Å². The monoisotopic (exact) mass is 332 g/mol. The van der Waals surface area contributed by atoms with Crippen LogP contribution >= 0.6 is 15.9 Å². The van der Waals surface area contributed by atoms with E-state index in [2.05, 4.69) is 21.0 Å². The second-order valence-electron chi connectivity index (χ2n) is 4.48. The van der Waals surface area contributed by atoms with Crippen LogP contribution in [0.15, 0.2) is 10.7 Å². The Bertz CT molecular complexity index is 638. The lowest BCUT2D eigenvalue weighted by molar-refractivity contribution is -0.0371. The lowest BCUT2D eigenvalue weighted by Crippen LogP contribution is -2.19. The summed E-state index contributed by atoms with van der Waals surface area (Å²) in [4.78, 5) is 0. The summed E-state index contributed by atoms with van der Waals surface area (Å²) >= 11 is 3.19. The molecular formula is C12H11BrF2N2O2. The van der Waals surface area contributed by atoms with Gasteiger partial charge in [-0.15, -0.1) is 0 Å². The van der Waals surface area contributed by atoms with E-state index >= 15 is 0 Å². The summed E-state index contributed by atoms with van der Waals surface area (Å²) in [7, 11) is 0. The Kier molecular flexibility index (Phi) is 3.18. The molecule has 0 radical (unpaired) electrons. The molecule has 1 saturated heterocycles. The van der Waals surface area contributed by atoms with E-state index in [4.69, 9.17) is 4.74 Å². The number of hydrogen-bond acceptors (Lipinski definition) is 3. The van der Waals surface area contributed by atoms with Crippen LogP contribution in [0.25, 0.3) is 10.9 Å². The molecule has 19 heavy (non-hydrogen) atoms. The lowest BCUT2D eigenvalue weighted by atomic mass is 10.2. The molecule has 1 aromatic carbocycles. The van der Waals surface area contributed by atoms with Gasteiger partial charge in [0.2, 0.25) is 5.82 Å². The highest BCUT2D eigenvalue weighted by Gasteiger charge is 2.25. The molecule has 102 valence electrons. The molecule has 1 aromatic heterocycles. The van der Waals surface area contributed by atoms with E-state index in [0.717, 1.165) is 18.9 Å². The fourth-order valence-electron chi connectivity index (χ4n) is 2.31. The Morgan fingerprint density at radius 2 is 2.16 bits per heavy atom. The van der Waals surface area contributed by atoms with Crippen LogP contribution in [0.3, 0.4) is 0 Å². The van der Waals surface area contributed by atoms with Crippen molar-refractivity contribution in [2.24, 2.45) is 0 Å². The summed E-state index contributed by atoms with van der Waals surface area (Å²) in [5.74, 6) is -3.10. The molecule has 1 aliphatic heterocycles. The number of rotatable bonds is 1. The predicted octanol–water partition coefficient (Wildman–Crippen LogP) is 3.48. The Morgan fingerprint density at radius 1 is 1.37 bits per heavy atom. The van der Waals surface area contributed by atoms with Gasteiger partial charge in [0.15, 0.2) is 17.8 Å². The SMILES string of the molecule is Oc1cc2c(Br)nn(C3CCCCO3)c2c(F)c1F. The van der Waals surface area contributed by atoms with Crippen molar-refractivity contribution in [3.63, 3.8) is 0 Å². The second kappa shape index (κ2) is 4.72. The molecule has 7 heteroatoms. The molecule has 2 heterocycles. The third-order valence-electron chi connectivity index (χ3n) is 3.24. The summed E-state index contributed by atoms with van der Waals surface area (Å²) in [6.45, 7) is 0.575. The van der Waals surface area contributed by atoms with Crippen molar-refractivity contribution in [1.29, 1.82) is 0 Å². The first kappa shape index (κ1) is 12.8. The van der Waals surface area contributed by atoms with Crippen molar-refractivity contribution >= 4 is 26.8 Å². The molecule has 4 nitrogen and oxygen atoms in total. The number of hydrogen-bond donors (Lipinski definition) is 1. The van der Waals surface area contributed by atoms with Gasteiger partial charge in [-0.05, 0) is 41.3 Å². The largest absolute Gasteiger partial charge is 0.505 e. The van der Waals surface area contributed by atoms with Crippen LogP contribution in [0.2, 0.25) is 0 Å². The lowest BCUT2D eigenvalue weighted by Gasteiger charge is -2.23. The van der Waals surface area contributed by atoms with Gasteiger partial charge in [0.25, 0.3) is 0 Å². The fourth-order valence-corrected chi connectivity index (χ4v) is 2.78. The van der Waals surface area contributed by atoms with Crippen LogP contribution in [-0.4, -0.2) is 21.5 Å². The van der Waals surface area contributed by atoms with E-state index in [-0.39, 0.29) is 5.52 Å². The quantitative estimate of drug-likeness (QED) is 0.869. The average Bonchev–Trinajstić information content (AvgIpc) is 2.75. The van der Waals surface area contributed by atoms with E-state index in [1.165, 1.54) is 4.68 Å². The van der Waals surface area contributed by atoms with Gasteiger partial charge in [-0.25, -0.2) is 9.07 Å². The van der Waals surface area contributed by atoms with Gasteiger partial charge in [-0.2, -0.15) is 9.49 Å². The van der Waals surface area contributed by atoms with E-state index < -0.39 is 23.6 Å². The zero-order chi connectivity index (χ0) is 13.6. The zero-order valence-electron chi connectivity index (χ0n) is 9.87. The fraction of sp³-hybridized carbons (Fsp3) is 0.417. The molecule has 3 rings (SSSR count). The predicted molar refractivity (Wildman–Crippen MR) is 67.9 cm³/mol. The van der Waals surface area contributed by atoms with Crippen molar-refractivity contribution in [3.8, 4) is 5.75 Å². The molecule has 1 fully saturated rings. The highest BCUT2D eigenvalue weighted by Crippen LogP contribution is 2.35. The number of phenols is 1. The molecule has 1 unspecified atom stereocenters. The summed E-state index contributed by atoms with van der Waals surface area (Å²) in [5, 5.41) is 13.8. The molecule has 1 aliphatic rings. The molecule has 0 aliphatic carbocycles. The minimum absolute atomic E-state index is 0.00840. The van der Waals surface area contributed by atoms with Gasteiger partial charge in [0.1, 0.15) is 10.1 Å². The van der Waals surface area contributed by atoms with Crippen molar-refractivity contribution in [1.82, 2.24) is 9.78 Å². The van der Waals surface area contributed by atoms with Crippen LogP contribution < -0.4 is 0 Å². The standard InChI is InChI=1S/C12H11BrF2N2O2/c13-12-6-5-7(18)9(14)10(15)11(6)17(16-12)8-3-1-2-4-19-8/h5,8,18H,1-4H2. The summed E-state index contributed by atoms with van der Waals surface area (Å²) in [5.41, 5.74) is 0.00840. The maximum atomic E-state index is 14.0. The number of aromatic nitrogens is 2. The van der Waals surface area contributed by atoms with Gasteiger partial charge in [0, 0.05) is 12.0 Å². The van der Waals surface area contributed by atoms with Crippen LogP contribution in [0.5, 0.6) is 5.75 Å². The van der Waals surface area contributed by atoms with Gasteiger partial charge < -0.3 is 9.84 Å². The molecule has 2 aromatic rings. The third-order valence-corrected chi connectivity index (χ3v) is 3.82. The highest BCUT2D eigenvalue weighted by molar-refractivity contribution is 9.10. The number of nitrogens with zero attached hydrogens (tertiary/aromatic N) is 2. The third kappa shape index (κ3) is 2.01. The Hall–Kier alpha value is -1.21. The van der Waals surface area contributed by atoms with Crippen molar-refractivity contribution in [3.05, 3.63) is 22.3 Å². The number of phenolic OH excluding ortho intramolecular Hbond substituents is 1. The molecule has 0 saturated carbocycles. The Morgan fingerprint density at radius 3 is 2.84 bits per heavy atom. The van der Waals surface area contributed by atoms with Crippen LogP contribution in [-0.2, 0) is 4.74 Å².